The van der Waals surface area contributed by atoms with Gasteiger partial charge in [0.05, 0.1) is 14.2 Å². The molecule has 5 nitrogen and oxygen atoms in total. The van der Waals surface area contributed by atoms with Crippen molar-refractivity contribution in [3.8, 4) is 17.2 Å². The predicted octanol–water partition coefficient (Wildman–Crippen LogP) is 4.57. The molecule has 1 heterocycles. The first kappa shape index (κ1) is 19.2. The van der Waals surface area contributed by atoms with E-state index >= 15 is 0 Å². The van der Waals surface area contributed by atoms with Crippen LogP contribution >= 0.6 is 0 Å². The van der Waals surface area contributed by atoms with Gasteiger partial charge < -0.3 is 14.2 Å². The van der Waals surface area contributed by atoms with Gasteiger partial charge in [0.1, 0.15) is 23.9 Å². The van der Waals surface area contributed by atoms with Crippen molar-refractivity contribution < 1.29 is 19.0 Å². The van der Waals surface area contributed by atoms with Gasteiger partial charge in [0.2, 0.25) is 0 Å². The van der Waals surface area contributed by atoms with Gasteiger partial charge >= 0.3 is 0 Å². The molecule has 2 aromatic carbocycles. The Bertz CT molecular complexity index is 950. The molecule has 28 heavy (non-hydrogen) atoms. The molecule has 0 atom stereocenters. The van der Waals surface area contributed by atoms with E-state index in [1.165, 1.54) is 6.08 Å². The van der Waals surface area contributed by atoms with Gasteiger partial charge in [-0.25, -0.2) is 0 Å². The van der Waals surface area contributed by atoms with Crippen LogP contribution in [0.25, 0.3) is 6.08 Å². The molecule has 0 radical (unpaired) electrons. The number of nitrogens with zero attached hydrogens (tertiary/aromatic N) is 1. The van der Waals surface area contributed by atoms with Crippen LogP contribution in [0.3, 0.4) is 0 Å². The monoisotopic (exact) mass is 375 g/mol. The summed E-state index contributed by atoms with van der Waals surface area (Å²) in [4.78, 5) is 16.2. The molecule has 3 rings (SSSR count). The van der Waals surface area contributed by atoms with Crippen molar-refractivity contribution in [3.05, 3.63) is 89.8 Å². The molecule has 142 valence electrons. The lowest BCUT2D eigenvalue weighted by atomic mass is 10.1. The number of ketones is 1. The number of hydrogen-bond acceptors (Lipinski definition) is 5. The van der Waals surface area contributed by atoms with Crippen LogP contribution < -0.4 is 14.2 Å². The van der Waals surface area contributed by atoms with Crippen molar-refractivity contribution in [1.82, 2.24) is 4.98 Å². The normalized spacial score (nSPS) is 10.6. The number of carbonyl (C=O) groups is 1. The lowest BCUT2D eigenvalue weighted by Crippen LogP contribution is -1.99. The van der Waals surface area contributed by atoms with Gasteiger partial charge in [0, 0.05) is 23.5 Å². The van der Waals surface area contributed by atoms with Crippen LogP contribution in [0.4, 0.5) is 0 Å². The van der Waals surface area contributed by atoms with Crippen LogP contribution in [0.5, 0.6) is 17.2 Å². The highest BCUT2D eigenvalue weighted by molar-refractivity contribution is 6.06. The van der Waals surface area contributed by atoms with E-state index < -0.39 is 0 Å². The summed E-state index contributed by atoms with van der Waals surface area (Å²) >= 11 is 0. The van der Waals surface area contributed by atoms with Crippen molar-refractivity contribution in [2.75, 3.05) is 14.2 Å². The maximum absolute atomic E-state index is 12.2. The molecule has 0 aliphatic heterocycles. The number of carbonyl (C=O) groups excluding carboxylic acids is 1. The standard InChI is InChI=1S/C23H21NO4/c1-26-20-7-9-21(10-8-20)28-16-19-14-17(6-12-23(19)27-2)5-11-22(25)18-4-3-13-24-15-18/h3-15H,16H2,1-2H3/b11-5+. The summed E-state index contributed by atoms with van der Waals surface area (Å²) in [6, 6.07) is 16.6. The smallest absolute Gasteiger partial charge is 0.187 e. The van der Waals surface area contributed by atoms with Gasteiger partial charge in [-0.3, -0.25) is 9.78 Å². The molecule has 0 saturated carbocycles. The average molecular weight is 375 g/mol. The Morgan fingerprint density at radius 1 is 1.00 bits per heavy atom. The minimum absolute atomic E-state index is 0.0973. The zero-order valence-corrected chi connectivity index (χ0v) is 15.8. The summed E-state index contributed by atoms with van der Waals surface area (Å²) in [6.45, 7) is 0.341. The van der Waals surface area contributed by atoms with E-state index in [2.05, 4.69) is 4.98 Å². The SMILES string of the molecule is COc1ccc(OCc2cc(/C=C/C(=O)c3cccnc3)ccc2OC)cc1. The number of aromatic nitrogens is 1. The largest absolute Gasteiger partial charge is 0.497 e. The van der Waals surface area contributed by atoms with E-state index in [0.29, 0.717) is 12.2 Å². The first-order chi connectivity index (χ1) is 13.7. The van der Waals surface area contributed by atoms with Gasteiger partial charge in [0.15, 0.2) is 5.78 Å². The molecular formula is C23H21NO4. The maximum Gasteiger partial charge on any atom is 0.187 e. The van der Waals surface area contributed by atoms with Gasteiger partial charge in [-0.2, -0.15) is 0 Å². The Morgan fingerprint density at radius 2 is 1.79 bits per heavy atom. The Kier molecular flexibility index (Phi) is 6.41. The fourth-order valence-corrected chi connectivity index (χ4v) is 2.62. The van der Waals surface area contributed by atoms with Gasteiger partial charge in [-0.15, -0.1) is 0 Å². The van der Waals surface area contributed by atoms with Crippen molar-refractivity contribution in [2.24, 2.45) is 0 Å². The molecule has 0 unspecified atom stereocenters. The van der Waals surface area contributed by atoms with Gasteiger partial charge in [-0.1, -0.05) is 12.1 Å². The number of ether oxygens (including phenoxy) is 3. The second kappa shape index (κ2) is 9.37. The number of methoxy groups -OCH3 is 2. The summed E-state index contributed by atoms with van der Waals surface area (Å²) in [7, 11) is 3.24. The minimum Gasteiger partial charge on any atom is -0.497 e. The highest BCUT2D eigenvalue weighted by Crippen LogP contribution is 2.24. The first-order valence-corrected chi connectivity index (χ1v) is 8.76. The first-order valence-electron chi connectivity index (χ1n) is 8.76. The van der Waals surface area contributed by atoms with E-state index in [9.17, 15) is 4.79 Å². The lowest BCUT2D eigenvalue weighted by molar-refractivity contribution is 0.104. The Balaban J connectivity index is 1.72. The second-order valence-corrected chi connectivity index (χ2v) is 5.97. The Labute approximate surface area is 164 Å². The summed E-state index contributed by atoms with van der Waals surface area (Å²) in [5, 5.41) is 0. The summed E-state index contributed by atoms with van der Waals surface area (Å²) < 4.78 is 16.4. The van der Waals surface area contributed by atoms with E-state index in [-0.39, 0.29) is 5.78 Å². The molecule has 0 aliphatic carbocycles. The summed E-state index contributed by atoms with van der Waals surface area (Å²) in [6.07, 6.45) is 6.49. The quantitative estimate of drug-likeness (QED) is 0.426. The third kappa shape index (κ3) is 4.98. The third-order valence-electron chi connectivity index (χ3n) is 4.13. The number of pyridine rings is 1. The van der Waals surface area contributed by atoms with Gasteiger partial charge in [0.25, 0.3) is 0 Å². The van der Waals surface area contributed by atoms with Crippen molar-refractivity contribution in [2.45, 2.75) is 6.61 Å². The number of rotatable bonds is 8. The molecule has 0 spiro atoms. The molecule has 0 fully saturated rings. The number of allylic oxidation sites excluding steroid dienone is 1. The van der Waals surface area contributed by atoms with Crippen LogP contribution in [-0.4, -0.2) is 25.0 Å². The zero-order valence-electron chi connectivity index (χ0n) is 15.8. The second-order valence-electron chi connectivity index (χ2n) is 5.97. The highest BCUT2D eigenvalue weighted by atomic mass is 16.5. The highest BCUT2D eigenvalue weighted by Gasteiger charge is 2.06. The van der Waals surface area contributed by atoms with E-state index in [0.717, 1.165) is 28.4 Å². The molecule has 5 heteroatoms. The fourth-order valence-electron chi connectivity index (χ4n) is 2.62. The van der Waals surface area contributed by atoms with Crippen molar-refractivity contribution in [3.63, 3.8) is 0 Å². The van der Waals surface area contributed by atoms with E-state index in [1.54, 1.807) is 44.8 Å². The maximum atomic E-state index is 12.2. The fraction of sp³-hybridized carbons (Fsp3) is 0.130. The molecule has 1 aromatic heterocycles. The van der Waals surface area contributed by atoms with Crippen molar-refractivity contribution in [1.29, 1.82) is 0 Å². The molecule has 0 saturated heterocycles. The topological polar surface area (TPSA) is 57.7 Å². The van der Waals surface area contributed by atoms with Crippen LogP contribution in [-0.2, 0) is 6.61 Å². The Hall–Kier alpha value is -3.60. The van der Waals surface area contributed by atoms with E-state index in [1.807, 2.05) is 42.5 Å². The molecule has 3 aromatic rings. The van der Waals surface area contributed by atoms with E-state index in [4.69, 9.17) is 14.2 Å². The lowest BCUT2D eigenvalue weighted by Gasteiger charge is -2.11. The number of benzene rings is 2. The average Bonchev–Trinajstić information content (AvgIpc) is 2.77. The van der Waals surface area contributed by atoms with Gasteiger partial charge in [-0.05, 0) is 60.2 Å². The van der Waals surface area contributed by atoms with Crippen LogP contribution in [0.15, 0.2) is 73.1 Å². The molecule has 0 bridgehead atoms. The molecule has 0 amide bonds. The predicted molar refractivity (Wildman–Crippen MR) is 108 cm³/mol. The third-order valence-corrected chi connectivity index (χ3v) is 4.13. The summed E-state index contributed by atoms with van der Waals surface area (Å²) in [5.74, 6) is 2.13. The van der Waals surface area contributed by atoms with Crippen molar-refractivity contribution >= 4 is 11.9 Å². The molecule has 0 aliphatic rings. The molecular weight excluding hydrogens is 354 g/mol. The molecule has 0 N–H and O–H groups in total. The minimum atomic E-state index is -0.0973. The Morgan fingerprint density at radius 3 is 2.46 bits per heavy atom. The summed E-state index contributed by atoms with van der Waals surface area (Å²) in [5.41, 5.74) is 2.32. The van der Waals surface area contributed by atoms with Crippen LogP contribution in [0, 0.1) is 0 Å². The zero-order chi connectivity index (χ0) is 19.8. The van der Waals surface area contributed by atoms with Crippen LogP contribution in [0.1, 0.15) is 21.5 Å². The number of hydrogen-bond donors (Lipinski definition) is 0. The van der Waals surface area contributed by atoms with Crippen LogP contribution in [0.2, 0.25) is 0 Å².